The Labute approximate surface area is 106 Å². The lowest BCUT2D eigenvalue weighted by Gasteiger charge is -2.20. The first-order chi connectivity index (χ1) is 8.63. The molecule has 0 amide bonds. The number of hydrogen-bond donors (Lipinski definition) is 1. The minimum Gasteiger partial charge on any atom is -0.490 e. The largest absolute Gasteiger partial charge is 0.490 e. The first-order valence-electron chi connectivity index (χ1n) is 5.58. The number of nitrogens with two attached hydrogens (primary N) is 1. The van der Waals surface area contributed by atoms with Gasteiger partial charge in [-0.25, -0.2) is 9.97 Å². The maximum absolute atomic E-state index is 5.77. The number of aromatic nitrogens is 2. The fourth-order valence-electron chi connectivity index (χ4n) is 1.70. The molecule has 2 aromatic rings. The molecule has 0 aliphatic heterocycles. The van der Waals surface area contributed by atoms with E-state index in [0.29, 0.717) is 17.4 Å². The van der Waals surface area contributed by atoms with Gasteiger partial charge in [0.15, 0.2) is 11.6 Å². The van der Waals surface area contributed by atoms with E-state index >= 15 is 0 Å². The Morgan fingerprint density at radius 3 is 2.44 bits per heavy atom. The predicted molar refractivity (Wildman–Crippen MR) is 72.2 cm³/mol. The van der Waals surface area contributed by atoms with Crippen molar-refractivity contribution < 1.29 is 4.74 Å². The van der Waals surface area contributed by atoms with Gasteiger partial charge in [0.25, 0.3) is 0 Å². The van der Waals surface area contributed by atoms with Gasteiger partial charge >= 0.3 is 0 Å². The van der Waals surface area contributed by atoms with Crippen LogP contribution in [-0.4, -0.2) is 24.1 Å². The van der Waals surface area contributed by atoms with E-state index in [1.54, 1.807) is 7.11 Å². The van der Waals surface area contributed by atoms with Crippen molar-refractivity contribution in [3.05, 3.63) is 36.2 Å². The topological polar surface area (TPSA) is 64.3 Å². The van der Waals surface area contributed by atoms with E-state index in [0.717, 1.165) is 5.69 Å². The average molecular weight is 244 g/mol. The molecule has 1 aromatic carbocycles. The zero-order valence-corrected chi connectivity index (χ0v) is 10.7. The summed E-state index contributed by atoms with van der Waals surface area (Å²) in [5, 5.41) is 0. The van der Waals surface area contributed by atoms with E-state index in [1.807, 2.05) is 43.1 Å². The maximum atomic E-state index is 5.77. The monoisotopic (exact) mass is 244 g/mol. The standard InChI is InChI=1S/C13H16N4O/c1-9-4-6-10(7-5-9)17(2)13-11(18-3)12(14)15-8-16-13/h4-8H,1-3H3,(H2,14,15,16). The molecular weight excluding hydrogens is 228 g/mol. The average Bonchev–Trinajstić information content (AvgIpc) is 2.38. The molecule has 0 radical (unpaired) electrons. The first kappa shape index (κ1) is 12.2. The van der Waals surface area contributed by atoms with E-state index in [9.17, 15) is 0 Å². The molecule has 94 valence electrons. The number of nitrogen functional groups attached to an aromatic ring is 1. The van der Waals surface area contributed by atoms with Crippen LogP contribution in [0.3, 0.4) is 0 Å². The van der Waals surface area contributed by atoms with Crippen molar-refractivity contribution in [1.82, 2.24) is 9.97 Å². The van der Waals surface area contributed by atoms with Gasteiger partial charge in [0, 0.05) is 12.7 Å². The van der Waals surface area contributed by atoms with Gasteiger partial charge in [0.05, 0.1) is 7.11 Å². The van der Waals surface area contributed by atoms with Crippen LogP contribution in [0.15, 0.2) is 30.6 Å². The molecule has 0 aliphatic carbocycles. The minimum absolute atomic E-state index is 0.335. The number of nitrogens with zero attached hydrogens (tertiary/aromatic N) is 3. The van der Waals surface area contributed by atoms with Crippen LogP contribution in [0, 0.1) is 6.92 Å². The van der Waals surface area contributed by atoms with Crippen LogP contribution in [0.4, 0.5) is 17.3 Å². The molecule has 0 fully saturated rings. The third-order valence-corrected chi connectivity index (χ3v) is 2.76. The summed E-state index contributed by atoms with van der Waals surface area (Å²) in [6.07, 6.45) is 1.43. The molecular formula is C13H16N4O. The summed E-state index contributed by atoms with van der Waals surface area (Å²) < 4.78 is 5.25. The summed E-state index contributed by atoms with van der Waals surface area (Å²) in [6.45, 7) is 2.05. The second kappa shape index (κ2) is 4.91. The SMILES string of the molecule is COc1c(N)ncnc1N(C)c1ccc(C)cc1. The van der Waals surface area contributed by atoms with Gasteiger partial charge in [-0.1, -0.05) is 17.7 Å². The summed E-state index contributed by atoms with van der Waals surface area (Å²) in [4.78, 5) is 10.0. The van der Waals surface area contributed by atoms with Crippen LogP contribution < -0.4 is 15.4 Å². The molecule has 1 aromatic heterocycles. The molecule has 0 bridgehead atoms. The molecule has 0 spiro atoms. The number of rotatable bonds is 3. The number of aryl methyl sites for hydroxylation is 1. The number of methoxy groups -OCH3 is 1. The van der Waals surface area contributed by atoms with E-state index in [2.05, 4.69) is 9.97 Å². The second-order valence-corrected chi connectivity index (χ2v) is 4.01. The number of benzene rings is 1. The highest BCUT2D eigenvalue weighted by Crippen LogP contribution is 2.33. The summed E-state index contributed by atoms with van der Waals surface area (Å²) in [6, 6.07) is 8.13. The van der Waals surface area contributed by atoms with Crippen LogP contribution in [0.2, 0.25) is 0 Å². The highest BCUT2D eigenvalue weighted by atomic mass is 16.5. The summed E-state index contributed by atoms with van der Waals surface area (Å²) in [5.41, 5.74) is 7.99. The lowest BCUT2D eigenvalue weighted by molar-refractivity contribution is 0.414. The lowest BCUT2D eigenvalue weighted by atomic mass is 10.2. The molecule has 0 saturated heterocycles. The maximum Gasteiger partial charge on any atom is 0.204 e. The Morgan fingerprint density at radius 1 is 1.17 bits per heavy atom. The van der Waals surface area contributed by atoms with Gasteiger partial charge in [-0.2, -0.15) is 0 Å². The number of hydrogen-bond acceptors (Lipinski definition) is 5. The quantitative estimate of drug-likeness (QED) is 0.896. The van der Waals surface area contributed by atoms with E-state index in [1.165, 1.54) is 11.9 Å². The summed E-state index contributed by atoms with van der Waals surface area (Å²) >= 11 is 0. The van der Waals surface area contributed by atoms with Crippen LogP contribution in [0.5, 0.6) is 5.75 Å². The van der Waals surface area contributed by atoms with Crippen molar-refractivity contribution >= 4 is 17.3 Å². The minimum atomic E-state index is 0.335. The Balaban J connectivity index is 2.42. The lowest BCUT2D eigenvalue weighted by Crippen LogP contribution is -2.14. The number of anilines is 3. The predicted octanol–water partition coefficient (Wildman–Crippen LogP) is 2.14. The number of ether oxygens (including phenoxy) is 1. The highest BCUT2D eigenvalue weighted by molar-refractivity contribution is 5.69. The van der Waals surface area contributed by atoms with Crippen molar-refractivity contribution in [2.75, 3.05) is 24.8 Å². The Kier molecular flexibility index (Phi) is 3.32. The molecule has 18 heavy (non-hydrogen) atoms. The van der Waals surface area contributed by atoms with Gasteiger partial charge in [-0.05, 0) is 19.1 Å². The molecule has 2 N–H and O–H groups in total. The second-order valence-electron chi connectivity index (χ2n) is 4.01. The van der Waals surface area contributed by atoms with Gasteiger partial charge in [-0.15, -0.1) is 0 Å². The molecule has 0 atom stereocenters. The molecule has 0 aliphatic rings. The zero-order chi connectivity index (χ0) is 13.1. The van der Waals surface area contributed by atoms with E-state index < -0.39 is 0 Å². The molecule has 0 unspecified atom stereocenters. The third-order valence-electron chi connectivity index (χ3n) is 2.76. The summed E-state index contributed by atoms with van der Waals surface area (Å²) in [5.74, 6) is 1.47. The normalized spacial score (nSPS) is 10.2. The smallest absolute Gasteiger partial charge is 0.204 e. The van der Waals surface area contributed by atoms with Gasteiger partial charge in [-0.3, -0.25) is 0 Å². The van der Waals surface area contributed by atoms with Crippen LogP contribution in [-0.2, 0) is 0 Å². The van der Waals surface area contributed by atoms with Crippen molar-refractivity contribution in [2.45, 2.75) is 6.92 Å². The van der Waals surface area contributed by atoms with Crippen LogP contribution >= 0.6 is 0 Å². The third kappa shape index (κ3) is 2.20. The zero-order valence-electron chi connectivity index (χ0n) is 10.7. The van der Waals surface area contributed by atoms with E-state index in [-0.39, 0.29) is 0 Å². The van der Waals surface area contributed by atoms with Crippen molar-refractivity contribution in [3.63, 3.8) is 0 Å². The van der Waals surface area contributed by atoms with Crippen molar-refractivity contribution in [2.24, 2.45) is 0 Å². The molecule has 5 nitrogen and oxygen atoms in total. The molecule has 2 rings (SSSR count). The van der Waals surface area contributed by atoms with Crippen LogP contribution in [0.25, 0.3) is 0 Å². The fourth-order valence-corrected chi connectivity index (χ4v) is 1.70. The Hall–Kier alpha value is -2.30. The van der Waals surface area contributed by atoms with Crippen molar-refractivity contribution in [3.8, 4) is 5.75 Å². The van der Waals surface area contributed by atoms with Gasteiger partial charge < -0.3 is 15.4 Å². The molecule has 0 saturated carbocycles. The summed E-state index contributed by atoms with van der Waals surface area (Å²) in [7, 11) is 3.47. The van der Waals surface area contributed by atoms with Gasteiger partial charge in [0.1, 0.15) is 6.33 Å². The Morgan fingerprint density at radius 2 is 1.83 bits per heavy atom. The van der Waals surface area contributed by atoms with Gasteiger partial charge in [0.2, 0.25) is 5.75 Å². The Bertz CT molecular complexity index is 539. The molecule has 1 heterocycles. The first-order valence-corrected chi connectivity index (χ1v) is 5.58. The van der Waals surface area contributed by atoms with Crippen LogP contribution in [0.1, 0.15) is 5.56 Å². The molecule has 5 heteroatoms. The van der Waals surface area contributed by atoms with Crippen molar-refractivity contribution in [1.29, 1.82) is 0 Å². The highest BCUT2D eigenvalue weighted by Gasteiger charge is 2.14. The van der Waals surface area contributed by atoms with E-state index in [4.69, 9.17) is 10.5 Å². The fraction of sp³-hybridized carbons (Fsp3) is 0.231.